The van der Waals surface area contributed by atoms with Crippen molar-refractivity contribution >= 4 is 7.60 Å². The van der Waals surface area contributed by atoms with Gasteiger partial charge in [-0.15, -0.1) is 0 Å². The molecular weight excluding hydrogens is 367 g/mol. The van der Waals surface area contributed by atoms with Crippen molar-refractivity contribution in [3.63, 3.8) is 0 Å². The summed E-state index contributed by atoms with van der Waals surface area (Å²) in [6, 6.07) is 14.7. The minimum absolute atomic E-state index is 0.170. The minimum atomic E-state index is -4.35. The van der Waals surface area contributed by atoms with Gasteiger partial charge in [-0.2, -0.15) is 0 Å². The quantitative estimate of drug-likeness (QED) is 0.482. The summed E-state index contributed by atoms with van der Waals surface area (Å²) in [5, 5.41) is -1.13. The first-order valence-electron chi connectivity index (χ1n) is 10.6. The number of hydrogen-bond acceptors (Lipinski definition) is 1. The van der Waals surface area contributed by atoms with E-state index < -0.39 is 12.8 Å². The molecule has 3 nitrogen and oxygen atoms in total. The second kappa shape index (κ2) is 7.78. The van der Waals surface area contributed by atoms with E-state index in [1.807, 2.05) is 26.0 Å². The normalized spacial score (nSPS) is 15.4. The van der Waals surface area contributed by atoms with Crippen molar-refractivity contribution in [1.82, 2.24) is 0 Å². The largest absolute Gasteiger partial charge is 0.335 e. The molecule has 0 saturated heterocycles. The molecule has 0 aliphatic heterocycles. The zero-order chi connectivity index (χ0) is 20.6. The summed E-state index contributed by atoms with van der Waals surface area (Å²) in [6.07, 6.45) is 4.90. The van der Waals surface area contributed by atoms with Gasteiger partial charge in [0, 0.05) is 5.41 Å². The van der Waals surface area contributed by atoms with Crippen molar-refractivity contribution in [2.24, 2.45) is 0 Å². The van der Waals surface area contributed by atoms with Crippen molar-refractivity contribution in [2.75, 3.05) is 0 Å². The Kier molecular flexibility index (Phi) is 5.92. The maximum absolute atomic E-state index is 12.8. The fourth-order valence-corrected chi connectivity index (χ4v) is 6.97. The van der Waals surface area contributed by atoms with Gasteiger partial charge in [0.05, 0.1) is 5.16 Å². The van der Waals surface area contributed by atoms with Gasteiger partial charge in [-0.25, -0.2) is 0 Å². The van der Waals surface area contributed by atoms with Crippen LogP contribution in [-0.2, 0) is 15.1 Å². The van der Waals surface area contributed by atoms with Crippen molar-refractivity contribution in [1.29, 1.82) is 0 Å². The first-order valence-corrected chi connectivity index (χ1v) is 12.2. The molecule has 4 heteroatoms. The van der Waals surface area contributed by atoms with Crippen LogP contribution in [0.15, 0.2) is 42.5 Å². The number of hydrogen-bond donors (Lipinski definition) is 2. The van der Waals surface area contributed by atoms with Crippen LogP contribution < -0.4 is 0 Å². The molecule has 152 valence electrons. The van der Waals surface area contributed by atoms with Gasteiger partial charge in [-0.3, -0.25) is 4.57 Å². The Bertz CT molecular complexity index is 886. The second-order valence-electron chi connectivity index (χ2n) is 8.14. The lowest BCUT2D eigenvalue weighted by molar-refractivity contribution is 0.312. The van der Waals surface area contributed by atoms with E-state index in [0.29, 0.717) is 12.8 Å². The Hall–Kier alpha value is -1.41. The lowest BCUT2D eigenvalue weighted by Crippen LogP contribution is -2.32. The van der Waals surface area contributed by atoms with Crippen LogP contribution in [0.5, 0.6) is 0 Å². The molecule has 28 heavy (non-hydrogen) atoms. The highest BCUT2D eigenvalue weighted by atomic mass is 31.2. The summed E-state index contributed by atoms with van der Waals surface area (Å²) in [7, 11) is -4.35. The summed E-state index contributed by atoms with van der Waals surface area (Å²) in [5.41, 5.74) is 5.58. The van der Waals surface area contributed by atoms with Gasteiger partial charge in [0.25, 0.3) is 0 Å². The monoisotopic (exact) mass is 400 g/mol. The average molecular weight is 400 g/mol. The van der Waals surface area contributed by atoms with Crippen LogP contribution in [0.4, 0.5) is 0 Å². The molecule has 1 aliphatic rings. The summed E-state index contributed by atoms with van der Waals surface area (Å²) in [4.78, 5) is 20.9. The van der Waals surface area contributed by atoms with Gasteiger partial charge in [-0.1, -0.05) is 83.0 Å². The molecule has 1 aliphatic carbocycles. The molecule has 0 radical (unpaired) electrons. The molecule has 0 saturated carbocycles. The molecule has 0 fully saturated rings. The van der Waals surface area contributed by atoms with E-state index in [9.17, 15) is 14.4 Å². The highest BCUT2D eigenvalue weighted by molar-refractivity contribution is 7.53. The minimum Gasteiger partial charge on any atom is -0.324 e. The second-order valence-corrected chi connectivity index (χ2v) is 10.1. The van der Waals surface area contributed by atoms with E-state index in [-0.39, 0.29) is 5.41 Å². The Labute approximate surface area is 169 Å². The number of fused-ring (bicyclic) bond motifs is 3. The number of benzene rings is 2. The maximum Gasteiger partial charge on any atom is 0.335 e. The molecule has 2 aromatic carbocycles. The van der Waals surface area contributed by atoms with E-state index in [1.54, 1.807) is 0 Å². The van der Waals surface area contributed by atoms with Crippen LogP contribution in [-0.4, -0.2) is 9.79 Å². The smallest absolute Gasteiger partial charge is 0.324 e. The molecule has 0 aromatic heterocycles. The predicted molar refractivity (Wildman–Crippen MR) is 117 cm³/mol. The van der Waals surface area contributed by atoms with E-state index in [2.05, 4.69) is 44.2 Å². The highest BCUT2D eigenvalue weighted by Gasteiger charge is 2.51. The molecule has 0 spiro atoms. The first kappa shape index (κ1) is 21.3. The zero-order valence-electron chi connectivity index (χ0n) is 17.5. The van der Waals surface area contributed by atoms with Crippen molar-refractivity contribution in [3.8, 4) is 11.1 Å². The average Bonchev–Trinajstić information content (AvgIpc) is 2.94. The Balaban J connectivity index is 2.44. The SMILES string of the molecule is CCCC1(CCC)c2ccccc2-c2cccc(C(CC)(CC)P(=O)(O)O)c21. The van der Waals surface area contributed by atoms with E-state index in [4.69, 9.17) is 0 Å². The standard InChI is InChI=1S/C24H33O3P/c1-5-16-23(17-6-2)20-14-10-9-12-18(20)19-13-11-15-21(22(19)23)24(7-3,8-4)28(25,26)27/h9-15H,5-8,16-17H2,1-4H3,(H2,25,26,27). The zero-order valence-corrected chi connectivity index (χ0v) is 18.4. The summed E-state index contributed by atoms with van der Waals surface area (Å²) in [5.74, 6) is 0. The van der Waals surface area contributed by atoms with Gasteiger partial charge in [-0.05, 0) is 53.5 Å². The van der Waals surface area contributed by atoms with Crippen LogP contribution in [0.2, 0.25) is 0 Å². The predicted octanol–water partition coefficient (Wildman–Crippen LogP) is 6.75. The van der Waals surface area contributed by atoms with E-state index in [0.717, 1.165) is 36.8 Å². The molecule has 3 rings (SSSR count). The molecule has 0 bridgehead atoms. The Morgan fingerprint density at radius 1 is 0.857 bits per heavy atom. The molecule has 0 atom stereocenters. The molecule has 0 amide bonds. The molecule has 2 N–H and O–H groups in total. The first-order chi connectivity index (χ1) is 13.3. The lowest BCUT2D eigenvalue weighted by atomic mass is 9.68. The lowest BCUT2D eigenvalue weighted by Gasteiger charge is -2.40. The van der Waals surface area contributed by atoms with Gasteiger partial charge in [0.1, 0.15) is 0 Å². The van der Waals surface area contributed by atoms with Crippen LogP contribution >= 0.6 is 7.60 Å². The van der Waals surface area contributed by atoms with Gasteiger partial charge < -0.3 is 9.79 Å². The fourth-order valence-electron chi connectivity index (χ4n) is 5.65. The fraction of sp³-hybridized carbons (Fsp3) is 0.500. The van der Waals surface area contributed by atoms with E-state index >= 15 is 0 Å². The molecule has 0 heterocycles. The summed E-state index contributed by atoms with van der Waals surface area (Å²) in [6.45, 7) is 8.23. The van der Waals surface area contributed by atoms with Crippen molar-refractivity contribution in [3.05, 3.63) is 59.2 Å². The molecule has 2 aromatic rings. The van der Waals surface area contributed by atoms with Gasteiger partial charge in [0.15, 0.2) is 0 Å². The van der Waals surface area contributed by atoms with Crippen LogP contribution in [0.3, 0.4) is 0 Å². The van der Waals surface area contributed by atoms with E-state index in [1.165, 1.54) is 16.7 Å². The van der Waals surface area contributed by atoms with Crippen LogP contribution in [0, 0.1) is 0 Å². The topological polar surface area (TPSA) is 57.5 Å². The van der Waals surface area contributed by atoms with Gasteiger partial charge >= 0.3 is 7.60 Å². The maximum atomic E-state index is 12.8. The van der Waals surface area contributed by atoms with Crippen molar-refractivity contribution in [2.45, 2.75) is 76.8 Å². The Morgan fingerprint density at radius 3 is 1.96 bits per heavy atom. The summed E-state index contributed by atoms with van der Waals surface area (Å²) >= 11 is 0. The third-order valence-electron chi connectivity index (χ3n) is 6.86. The highest BCUT2D eigenvalue weighted by Crippen LogP contribution is 2.65. The third-order valence-corrected chi connectivity index (χ3v) is 8.85. The van der Waals surface area contributed by atoms with Gasteiger partial charge in [0.2, 0.25) is 0 Å². The van der Waals surface area contributed by atoms with Crippen LogP contribution in [0.25, 0.3) is 11.1 Å². The third kappa shape index (κ3) is 2.91. The van der Waals surface area contributed by atoms with Crippen LogP contribution in [0.1, 0.15) is 82.9 Å². The molecular formula is C24H33O3P. The van der Waals surface area contributed by atoms with Crippen molar-refractivity contribution < 1.29 is 14.4 Å². The summed E-state index contributed by atoms with van der Waals surface area (Å²) < 4.78 is 12.8. The number of rotatable bonds is 8. The Morgan fingerprint density at radius 2 is 1.43 bits per heavy atom. The molecule has 0 unspecified atom stereocenters.